The van der Waals surface area contributed by atoms with Gasteiger partial charge in [0.05, 0.1) is 0 Å². The van der Waals surface area contributed by atoms with Gasteiger partial charge in [0.25, 0.3) is 5.91 Å². The molecule has 2 aromatic rings. The van der Waals surface area contributed by atoms with Crippen LogP contribution < -0.4 is 11.0 Å². The number of benzene rings is 1. The molecular formula is C22H29N5O3. The third-order valence-electron chi connectivity index (χ3n) is 5.88. The summed E-state index contributed by atoms with van der Waals surface area (Å²) in [5.74, 6) is 0.500. The lowest BCUT2D eigenvalue weighted by Gasteiger charge is -2.20. The van der Waals surface area contributed by atoms with Crippen LogP contribution in [0.5, 0.6) is 0 Å². The van der Waals surface area contributed by atoms with E-state index >= 15 is 0 Å². The number of rotatable bonds is 4. The maximum atomic E-state index is 12.7. The van der Waals surface area contributed by atoms with Crippen molar-refractivity contribution in [2.45, 2.75) is 64.5 Å². The van der Waals surface area contributed by atoms with Crippen LogP contribution >= 0.6 is 0 Å². The SMILES string of the molecule is O=C(Cn1nc2n(c1=O)CCCCC2)Nc1ccc(C(=O)N2CCCCCC2)cc1. The predicted molar refractivity (Wildman–Crippen MR) is 113 cm³/mol. The van der Waals surface area contributed by atoms with Crippen LogP contribution in [0.4, 0.5) is 5.69 Å². The molecule has 3 heterocycles. The van der Waals surface area contributed by atoms with Gasteiger partial charge in [0.1, 0.15) is 12.4 Å². The van der Waals surface area contributed by atoms with Crippen LogP contribution in [0.25, 0.3) is 0 Å². The Balaban J connectivity index is 1.37. The van der Waals surface area contributed by atoms with E-state index < -0.39 is 0 Å². The smallest absolute Gasteiger partial charge is 0.339 e. The molecule has 0 aliphatic carbocycles. The van der Waals surface area contributed by atoms with Crippen molar-refractivity contribution >= 4 is 17.5 Å². The fourth-order valence-electron chi connectivity index (χ4n) is 4.22. The van der Waals surface area contributed by atoms with Gasteiger partial charge in [-0.05, 0) is 49.9 Å². The van der Waals surface area contributed by atoms with Crippen LogP contribution in [-0.2, 0) is 24.3 Å². The zero-order valence-electron chi connectivity index (χ0n) is 17.3. The fraction of sp³-hybridized carbons (Fsp3) is 0.545. The number of aromatic nitrogens is 3. The molecule has 0 unspecified atom stereocenters. The lowest BCUT2D eigenvalue weighted by atomic mass is 10.1. The molecule has 0 atom stereocenters. The molecule has 1 aromatic carbocycles. The monoisotopic (exact) mass is 411 g/mol. The van der Waals surface area contributed by atoms with Crippen molar-refractivity contribution < 1.29 is 9.59 Å². The number of carbonyl (C=O) groups excluding carboxylic acids is 2. The first-order valence-corrected chi connectivity index (χ1v) is 11.0. The first-order chi connectivity index (χ1) is 14.6. The van der Waals surface area contributed by atoms with E-state index in [1.165, 1.54) is 17.5 Å². The zero-order chi connectivity index (χ0) is 20.9. The summed E-state index contributed by atoms with van der Waals surface area (Å²) in [4.78, 5) is 39.5. The van der Waals surface area contributed by atoms with E-state index in [-0.39, 0.29) is 24.0 Å². The van der Waals surface area contributed by atoms with Gasteiger partial charge in [0.15, 0.2) is 0 Å². The summed E-state index contributed by atoms with van der Waals surface area (Å²) in [5.41, 5.74) is 1.01. The highest BCUT2D eigenvalue weighted by Gasteiger charge is 2.19. The van der Waals surface area contributed by atoms with Crippen molar-refractivity contribution in [2.24, 2.45) is 0 Å². The summed E-state index contributed by atoms with van der Waals surface area (Å²) in [6, 6.07) is 6.95. The van der Waals surface area contributed by atoms with Gasteiger partial charge in [-0.25, -0.2) is 9.48 Å². The second-order valence-electron chi connectivity index (χ2n) is 8.15. The average Bonchev–Trinajstić information content (AvgIpc) is 3.02. The third kappa shape index (κ3) is 4.63. The summed E-state index contributed by atoms with van der Waals surface area (Å²) in [5, 5.41) is 7.14. The molecule has 2 amide bonds. The van der Waals surface area contributed by atoms with Gasteiger partial charge in [-0.3, -0.25) is 14.2 Å². The Morgan fingerprint density at radius 2 is 1.57 bits per heavy atom. The number of aryl methyl sites for hydroxylation is 1. The van der Waals surface area contributed by atoms with Crippen LogP contribution in [0.15, 0.2) is 29.1 Å². The Kier molecular flexibility index (Phi) is 6.30. The third-order valence-corrected chi connectivity index (χ3v) is 5.88. The number of fused-ring (bicyclic) bond motifs is 1. The Morgan fingerprint density at radius 1 is 0.900 bits per heavy atom. The van der Waals surface area contributed by atoms with E-state index in [2.05, 4.69) is 10.4 Å². The lowest BCUT2D eigenvalue weighted by molar-refractivity contribution is -0.117. The molecule has 30 heavy (non-hydrogen) atoms. The van der Waals surface area contributed by atoms with Crippen LogP contribution in [0.3, 0.4) is 0 Å². The van der Waals surface area contributed by atoms with Crippen LogP contribution in [0, 0.1) is 0 Å². The molecular weight excluding hydrogens is 382 g/mol. The molecule has 1 fully saturated rings. The van der Waals surface area contributed by atoms with Crippen LogP contribution in [0.2, 0.25) is 0 Å². The topological polar surface area (TPSA) is 89.2 Å². The minimum atomic E-state index is -0.308. The Labute approximate surface area is 175 Å². The van der Waals surface area contributed by atoms with Crippen molar-refractivity contribution in [3.05, 3.63) is 46.1 Å². The van der Waals surface area contributed by atoms with E-state index in [0.717, 1.165) is 57.4 Å². The van der Waals surface area contributed by atoms with E-state index in [0.29, 0.717) is 17.8 Å². The maximum absolute atomic E-state index is 12.7. The van der Waals surface area contributed by atoms with Crippen molar-refractivity contribution in [3.8, 4) is 0 Å². The Morgan fingerprint density at radius 3 is 2.30 bits per heavy atom. The van der Waals surface area contributed by atoms with E-state index in [1.54, 1.807) is 28.8 Å². The fourth-order valence-corrected chi connectivity index (χ4v) is 4.22. The minimum Gasteiger partial charge on any atom is -0.339 e. The van der Waals surface area contributed by atoms with Gasteiger partial charge >= 0.3 is 5.69 Å². The maximum Gasteiger partial charge on any atom is 0.346 e. The van der Waals surface area contributed by atoms with Gasteiger partial charge in [-0.1, -0.05) is 19.3 Å². The van der Waals surface area contributed by atoms with Crippen LogP contribution in [0.1, 0.15) is 61.1 Å². The molecule has 2 aliphatic heterocycles. The first kappa shape index (κ1) is 20.4. The second-order valence-corrected chi connectivity index (χ2v) is 8.15. The van der Waals surface area contributed by atoms with Crippen LogP contribution in [-0.4, -0.2) is 44.2 Å². The summed E-state index contributed by atoms with van der Waals surface area (Å²) >= 11 is 0. The molecule has 1 N–H and O–H groups in total. The van der Waals surface area contributed by atoms with Crippen molar-refractivity contribution in [3.63, 3.8) is 0 Å². The van der Waals surface area contributed by atoms with Gasteiger partial charge in [0.2, 0.25) is 5.91 Å². The molecule has 0 spiro atoms. The molecule has 160 valence electrons. The lowest BCUT2D eigenvalue weighted by Crippen LogP contribution is -2.31. The standard InChI is InChI=1S/C22H29N5O3/c28-20(16-27-22(30)26-15-7-3-4-8-19(26)24-27)23-18-11-9-17(10-12-18)21(29)25-13-5-1-2-6-14-25/h9-12H,1-8,13-16H2,(H,23,28). The summed E-state index contributed by atoms with van der Waals surface area (Å²) in [6.07, 6.45) is 8.32. The minimum absolute atomic E-state index is 0.0424. The van der Waals surface area contributed by atoms with E-state index in [9.17, 15) is 14.4 Å². The predicted octanol–water partition coefficient (Wildman–Crippen LogP) is 2.43. The van der Waals surface area contributed by atoms with Gasteiger partial charge in [-0.15, -0.1) is 0 Å². The molecule has 1 aromatic heterocycles. The highest BCUT2D eigenvalue weighted by molar-refractivity contribution is 5.95. The number of hydrogen-bond acceptors (Lipinski definition) is 4. The van der Waals surface area contributed by atoms with E-state index in [1.807, 2.05) is 4.90 Å². The number of hydrogen-bond donors (Lipinski definition) is 1. The van der Waals surface area contributed by atoms with Crippen molar-refractivity contribution in [1.29, 1.82) is 0 Å². The number of nitrogens with zero attached hydrogens (tertiary/aromatic N) is 4. The quantitative estimate of drug-likeness (QED) is 0.837. The van der Waals surface area contributed by atoms with E-state index in [4.69, 9.17) is 0 Å². The molecule has 2 aliphatic rings. The molecule has 8 heteroatoms. The van der Waals surface area contributed by atoms with Crippen molar-refractivity contribution in [2.75, 3.05) is 18.4 Å². The Hall–Kier alpha value is -2.90. The van der Waals surface area contributed by atoms with Crippen molar-refractivity contribution in [1.82, 2.24) is 19.2 Å². The molecule has 8 nitrogen and oxygen atoms in total. The number of nitrogens with one attached hydrogen (secondary N) is 1. The molecule has 1 saturated heterocycles. The summed E-state index contributed by atoms with van der Waals surface area (Å²) in [7, 11) is 0. The summed E-state index contributed by atoms with van der Waals surface area (Å²) in [6.45, 7) is 2.16. The average molecular weight is 412 g/mol. The number of likely N-dealkylation sites (tertiary alicyclic amines) is 1. The molecule has 0 radical (unpaired) electrons. The summed E-state index contributed by atoms with van der Waals surface area (Å²) < 4.78 is 2.93. The molecule has 4 rings (SSSR count). The molecule has 0 saturated carbocycles. The normalized spacial score (nSPS) is 17.0. The number of carbonyl (C=O) groups is 2. The number of amides is 2. The zero-order valence-corrected chi connectivity index (χ0v) is 17.3. The Bertz CT molecular complexity index is 952. The van der Waals surface area contributed by atoms with Gasteiger partial charge in [-0.2, -0.15) is 5.10 Å². The first-order valence-electron chi connectivity index (χ1n) is 11.0. The van der Waals surface area contributed by atoms with Gasteiger partial charge < -0.3 is 10.2 Å². The largest absolute Gasteiger partial charge is 0.346 e. The number of anilines is 1. The highest BCUT2D eigenvalue weighted by atomic mass is 16.2. The highest BCUT2D eigenvalue weighted by Crippen LogP contribution is 2.16. The second kappa shape index (κ2) is 9.28. The van der Waals surface area contributed by atoms with Gasteiger partial charge in [0, 0.05) is 37.3 Å². The molecule has 0 bridgehead atoms.